The van der Waals surface area contributed by atoms with E-state index in [0.29, 0.717) is 11.5 Å². The zero-order valence-electron chi connectivity index (χ0n) is 9.36. The summed E-state index contributed by atoms with van der Waals surface area (Å²) >= 11 is 0. The summed E-state index contributed by atoms with van der Waals surface area (Å²) in [4.78, 5) is 0. The molecule has 0 fully saturated rings. The van der Waals surface area contributed by atoms with Crippen LogP contribution >= 0.6 is 0 Å². The van der Waals surface area contributed by atoms with Crippen LogP contribution in [0.1, 0.15) is 13.3 Å². The summed E-state index contributed by atoms with van der Waals surface area (Å²) in [6.45, 7) is 0. The van der Waals surface area contributed by atoms with Gasteiger partial charge >= 0.3 is 0 Å². The van der Waals surface area contributed by atoms with Gasteiger partial charge in [-0.1, -0.05) is 18.2 Å². The molecule has 0 bridgehead atoms. The maximum Gasteiger partial charge on any atom is 0.263 e. The van der Waals surface area contributed by atoms with Gasteiger partial charge in [0.25, 0.3) is 6.40 Å². The van der Waals surface area contributed by atoms with Crippen LogP contribution in [0.25, 0.3) is 0 Å². The van der Waals surface area contributed by atoms with E-state index in [1.165, 1.54) is 24.3 Å². The molecule has 0 aliphatic heterocycles. The first-order chi connectivity index (χ1) is 8.05. The summed E-state index contributed by atoms with van der Waals surface area (Å²) < 4.78 is 37.3. The largest absolute Gasteiger partial charge is 0.457 e. The second-order valence-electron chi connectivity index (χ2n) is 3.20. The van der Waals surface area contributed by atoms with Crippen molar-refractivity contribution in [2.45, 2.75) is 6.40 Å². The number of halogens is 2. The molecular formula is C13H10F2O. The fourth-order valence-corrected chi connectivity index (χ4v) is 1.27. The molecule has 0 aliphatic carbocycles. The first-order valence-corrected chi connectivity index (χ1v) is 4.77. The van der Waals surface area contributed by atoms with E-state index in [0.717, 1.165) is 0 Å². The van der Waals surface area contributed by atoms with Crippen LogP contribution in [0.2, 0.25) is 0 Å². The fraction of sp³-hybridized carbons (Fsp3) is 0.0769. The average molecular weight is 221 g/mol. The lowest BCUT2D eigenvalue weighted by atomic mass is 10.2. The Morgan fingerprint density at radius 2 is 1.44 bits per heavy atom. The van der Waals surface area contributed by atoms with Crippen LogP contribution in [0, 0.1) is 0 Å². The molecule has 0 N–H and O–H groups in total. The van der Waals surface area contributed by atoms with Crippen molar-refractivity contribution in [2.24, 2.45) is 0 Å². The van der Waals surface area contributed by atoms with E-state index in [1.807, 2.05) is 18.2 Å². The molecule has 0 amide bonds. The minimum Gasteiger partial charge on any atom is -0.457 e. The normalized spacial score (nSPS) is 12.0. The van der Waals surface area contributed by atoms with E-state index in [4.69, 9.17) is 6.11 Å². The Labute approximate surface area is 93.7 Å². The third-order valence-corrected chi connectivity index (χ3v) is 2.05. The molecule has 0 aromatic heterocycles. The standard InChI is InChI=1S/C13H10F2O/c14-13(15)10-6-8-12(9-7-10)16-11-4-2-1-3-5-11/h1-9,13H/i13D. The molecule has 2 rings (SSSR count). The van der Waals surface area contributed by atoms with Gasteiger partial charge in [-0.25, -0.2) is 8.78 Å². The predicted octanol–water partition coefficient (Wildman–Crippen LogP) is 4.42. The molecule has 3 heteroatoms. The lowest BCUT2D eigenvalue weighted by molar-refractivity contribution is 0.151. The molecule has 2 aromatic rings. The molecule has 1 nitrogen and oxygen atoms in total. The molecule has 0 saturated heterocycles. The van der Waals surface area contributed by atoms with Crippen molar-refractivity contribution in [1.29, 1.82) is 0 Å². The highest BCUT2D eigenvalue weighted by Crippen LogP contribution is 2.24. The zero-order valence-corrected chi connectivity index (χ0v) is 8.36. The van der Waals surface area contributed by atoms with Gasteiger partial charge in [0.15, 0.2) is 0 Å². The Kier molecular flexibility index (Phi) is 2.77. The number of benzene rings is 2. The van der Waals surface area contributed by atoms with Crippen LogP contribution < -0.4 is 4.74 Å². The topological polar surface area (TPSA) is 9.23 Å². The SMILES string of the molecule is [2H]C(F)(F)c1ccc(Oc2ccccc2)cc1. The van der Waals surface area contributed by atoms with Crippen molar-refractivity contribution in [1.82, 2.24) is 0 Å². The van der Waals surface area contributed by atoms with Crippen LogP contribution in [0.5, 0.6) is 11.5 Å². The maximum atomic E-state index is 12.6. The Morgan fingerprint density at radius 1 is 0.875 bits per heavy atom. The van der Waals surface area contributed by atoms with Crippen LogP contribution in [-0.4, -0.2) is 0 Å². The predicted molar refractivity (Wildman–Crippen MR) is 57.9 cm³/mol. The number of ether oxygens (including phenoxy) is 1. The van der Waals surface area contributed by atoms with E-state index >= 15 is 0 Å². The van der Waals surface area contributed by atoms with Crippen LogP contribution in [0.4, 0.5) is 8.78 Å². The second-order valence-corrected chi connectivity index (χ2v) is 3.20. The summed E-state index contributed by atoms with van der Waals surface area (Å²) in [6, 6.07) is 14.3. The Bertz CT molecular complexity index is 477. The summed E-state index contributed by atoms with van der Waals surface area (Å²) in [5, 5.41) is 0. The van der Waals surface area contributed by atoms with Gasteiger partial charge in [-0.3, -0.25) is 0 Å². The van der Waals surface area contributed by atoms with Crippen LogP contribution in [0.15, 0.2) is 54.6 Å². The van der Waals surface area contributed by atoms with Crippen molar-refractivity contribution < 1.29 is 14.9 Å². The van der Waals surface area contributed by atoms with Gasteiger partial charge < -0.3 is 4.74 Å². The highest BCUT2D eigenvalue weighted by Gasteiger charge is 2.06. The quantitative estimate of drug-likeness (QED) is 0.745. The van der Waals surface area contributed by atoms with Gasteiger partial charge in [-0.15, -0.1) is 0 Å². The molecular weight excluding hydrogens is 210 g/mol. The average Bonchev–Trinajstić information content (AvgIpc) is 2.30. The molecule has 2 aromatic carbocycles. The Morgan fingerprint density at radius 3 is 2.00 bits per heavy atom. The van der Waals surface area contributed by atoms with E-state index in [-0.39, 0.29) is 5.56 Å². The summed E-state index contributed by atoms with van der Waals surface area (Å²) in [7, 11) is 0. The number of hydrogen-bond acceptors (Lipinski definition) is 1. The third kappa shape index (κ3) is 2.57. The highest BCUT2D eigenvalue weighted by atomic mass is 19.3. The van der Waals surface area contributed by atoms with Crippen molar-refractivity contribution in [3.8, 4) is 11.5 Å². The minimum atomic E-state index is -3.56. The lowest BCUT2D eigenvalue weighted by Gasteiger charge is -2.06. The van der Waals surface area contributed by atoms with E-state index in [9.17, 15) is 8.78 Å². The highest BCUT2D eigenvalue weighted by molar-refractivity contribution is 5.33. The monoisotopic (exact) mass is 221 g/mol. The van der Waals surface area contributed by atoms with Crippen molar-refractivity contribution in [3.63, 3.8) is 0 Å². The number of alkyl halides is 2. The summed E-state index contributed by atoms with van der Waals surface area (Å²) in [5.74, 6) is 1.10. The molecule has 0 aliphatic rings. The summed E-state index contributed by atoms with van der Waals surface area (Å²) in [6.07, 6.45) is -3.56. The third-order valence-electron chi connectivity index (χ3n) is 2.05. The summed E-state index contributed by atoms with van der Waals surface area (Å²) in [5.41, 5.74) is -0.349. The molecule has 0 saturated carbocycles. The van der Waals surface area contributed by atoms with E-state index < -0.39 is 6.40 Å². The molecule has 16 heavy (non-hydrogen) atoms. The molecule has 0 radical (unpaired) electrons. The molecule has 0 atom stereocenters. The molecule has 82 valence electrons. The van der Waals surface area contributed by atoms with Gasteiger partial charge in [0, 0.05) is 5.56 Å². The number of hydrogen-bond donors (Lipinski definition) is 0. The van der Waals surface area contributed by atoms with Gasteiger partial charge in [0.1, 0.15) is 12.9 Å². The van der Waals surface area contributed by atoms with E-state index in [2.05, 4.69) is 0 Å². The number of rotatable bonds is 3. The Balaban J connectivity index is 2.14. The van der Waals surface area contributed by atoms with Gasteiger partial charge in [-0.2, -0.15) is 0 Å². The van der Waals surface area contributed by atoms with E-state index in [1.54, 1.807) is 12.1 Å². The smallest absolute Gasteiger partial charge is 0.263 e. The lowest BCUT2D eigenvalue weighted by Crippen LogP contribution is -1.86. The second kappa shape index (κ2) is 4.75. The van der Waals surface area contributed by atoms with Crippen molar-refractivity contribution >= 4 is 0 Å². The minimum absolute atomic E-state index is 0.349. The van der Waals surface area contributed by atoms with Crippen molar-refractivity contribution in [3.05, 3.63) is 60.2 Å². The van der Waals surface area contributed by atoms with Crippen molar-refractivity contribution in [2.75, 3.05) is 0 Å². The number of para-hydroxylation sites is 1. The molecule has 0 unspecified atom stereocenters. The molecule has 0 spiro atoms. The van der Waals surface area contributed by atoms with Gasteiger partial charge in [-0.05, 0) is 36.4 Å². The van der Waals surface area contributed by atoms with Gasteiger partial charge in [0.05, 0.1) is 0 Å². The zero-order chi connectivity index (χ0) is 12.3. The van der Waals surface area contributed by atoms with Crippen LogP contribution in [-0.2, 0) is 0 Å². The van der Waals surface area contributed by atoms with Gasteiger partial charge in [0.2, 0.25) is 0 Å². The maximum absolute atomic E-state index is 12.6. The first kappa shape index (κ1) is 9.33. The van der Waals surface area contributed by atoms with Crippen LogP contribution in [0.3, 0.4) is 0 Å². The first-order valence-electron chi connectivity index (χ1n) is 5.27. The Hall–Kier alpha value is -1.90. The fourth-order valence-electron chi connectivity index (χ4n) is 1.27. The molecule has 0 heterocycles.